The Bertz CT molecular complexity index is 2590. The third-order valence-electron chi connectivity index (χ3n) is 16.3. The van der Waals surface area contributed by atoms with Crippen molar-refractivity contribution in [3.05, 3.63) is 89.5 Å². The number of nitrogens with two attached hydrogens (primary N) is 1. The van der Waals surface area contributed by atoms with Crippen LogP contribution in [0.5, 0.6) is 11.5 Å². The van der Waals surface area contributed by atoms with E-state index in [9.17, 15) is 24.0 Å². The molecular formula is C53H65N11O6. The van der Waals surface area contributed by atoms with E-state index < -0.39 is 11.9 Å². The largest absolute Gasteiger partial charge is 0.457 e. The number of primary amides is 1. The summed E-state index contributed by atoms with van der Waals surface area (Å²) < 4.78 is 8.05. The Balaban J connectivity index is 0.610. The Hall–Kier alpha value is -6.46. The van der Waals surface area contributed by atoms with Crippen LogP contribution in [0.1, 0.15) is 90.1 Å². The highest BCUT2D eigenvalue weighted by molar-refractivity contribution is 6.06. The van der Waals surface area contributed by atoms with Crippen molar-refractivity contribution in [3.8, 4) is 22.8 Å². The molecule has 5 saturated heterocycles. The number of hydrogen-bond acceptors (Lipinski definition) is 11. The van der Waals surface area contributed by atoms with Gasteiger partial charge >= 0.3 is 6.03 Å². The zero-order chi connectivity index (χ0) is 47.9. The van der Waals surface area contributed by atoms with Crippen LogP contribution in [0.4, 0.5) is 16.3 Å². The van der Waals surface area contributed by atoms with Gasteiger partial charge in [-0.2, -0.15) is 5.10 Å². The molecule has 0 radical (unpaired) electrons. The van der Waals surface area contributed by atoms with E-state index in [1.165, 1.54) is 0 Å². The van der Waals surface area contributed by atoms with Crippen LogP contribution in [0.3, 0.4) is 0 Å². The summed E-state index contributed by atoms with van der Waals surface area (Å²) in [7, 11) is 0. The number of amides is 6. The molecule has 2 unspecified atom stereocenters. The fourth-order valence-corrected chi connectivity index (χ4v) is 12.4. The smallest absolute Gasteiger partial charge is 0.320 e. The van der Waals surface area contributed by atoms with Gasteiger partial charge in [0.15, 0.2) is 0 Å². The summed E-state index contributed by atoms with van der Waals surface area (Å²) in [5.41, 5.74) is 10.6. The van der Waals surface area contributed by atoms with Gasteiger partial charge in [0, 0.05) is 101 Å². The lowest BCUT2D eigenvalue weighted by Gasteiger charge is -2.45. The summed E-state index contributed by atoms with van der Waals surface area (Å²) in [4.78, 5) is 77.5. The van der Waals surface area contributed by atoms with Gasteiger partial charge in [0.25, 0.3) is 11.8 Å². The normalized spacial score (nSPS) is 23.2. The lowest BCUT2D eigenvalue weighted by molar-refractivity contribution is -0.136. The number of carbonyl (C=O) groups excluding carboxylic acids is 5. The predicted molar refractivity (Wildman–Crippen MR) is 265 cm³/mol. The molecule has 17 heteroatoms. The first-order valence-corrected chi connectivity index (χ1v) is 25.7. The zero-order valence-corrected chi connectivity index (χ0v) is 40.0. The lowest BCUT2D eigenvalue weighted by atomic mass is 9.85. The number of para-hydroxylation sites is 1. The molecule has 11 rings (SSSR count). The van der Waals surface area contributed by atoms with Crippen molar-refractivity contribution in [2.24, 2.45) is 17.6 Å². The molecule has 368 valence electrons. The number of piperazine rings is 1. The van der Waals surface area contributed by atoms with Gasteiger partial charge in [-0.3, -0.25) is 29.4 Å². The first-order valence-electron chi connectivity index (χ1n) is 25.7. The Morgan fingerprint density at radius 1 is 0.743 bits per heavy atom. The number of hydrogen-bond donors (Lipinski definition) is 3. The molecule has 0 bridgehead atoms. The highest BCUT2D eigenvalue weighted by Crippen LogP contribution is 2.41. The first-order chi connectivity index (χ1) is 34.1. The van der Waals surface area contributed by atoms with E-state index in [0.29, 0.717) is 53.4 Å². The van der Waals surface area contributed by atoms with Crippen molar-refractivity contribution in [2.75, 3.05) is 88.8 Å². The van der Waals surface area contributed by atoms with Gasteiger partial charge in [-0.1, -0.05) is 18.2 Å². The fraction of sp³-hybridized carbons (Fsp3) is 0.509. The van der Waals surface area contributed by atoms with Crippen LogP contribution < -0.4 is 26.0 Å². The van der Waals surface area contributed by atoms with Gasteiger partial charge in [-0.15, -0.1) is 0 Å². The maximum absolute atomic E-state index is 13.8. The topological polar surface area (TPSA) is 182 Å². The molecule has 1 aromatic heterocycles. The summed E-state index contributed by atoms with van der Waals surface area (Å²) in [6.07, 6.45) is 7.85. The molecule has 0 saturated carbocycles. The van der Waals surface area contributed by atoms with Crippen LogP contribution in [-0.4, -0.2) is 155 Å². The molecule has 5 fully saturated rings. The molecule has 7 aliphatic rings. The van der Waals surface area contributed by atoms with E-state index in [4.69, 9.17) is 15.6 Å². The SMILES string of the molecule is NC(=O)c1c(-c2ccc(Oc3ccccc3)cc2)nn2c1NCCC2C1CCN(C2CCN(C(=O)N3CCN(CC4CCN(c5ccc6c(c5)CN(C5CCC(=O)NC5=O)C6=O)CC4)CC3)CC2)CC1. The molecule has 7 aliphatic heterocycles. The summed E-state index contributed by atoms with van der Waals surface area (Å²) in [6.45, 7) is 11.1. The van der Waals surface area contributed by atoms with Gasteiger partial charge in [0.2, 0.25) is 11.8 Å². The second-order valence-electron chi connectivity index (χ2n) is 20.4. The number of likely N-dealkylation sites (tertiary alicyclic amines) is 2. The van der Waals surface area contributed by atoms with Crippen molar-refractivity contribution in [3.63, 3.8) is 0 Å². The number of rotatable bonds is 10. The van der Waals surface area contributed by atoms with E-state index >= 15 is 0 Å². The maximum Gasteiger partial charge on any atom is 0.320 e. The van der Waals surface area contributed by atoms with Crippen LogP contribution in [-0.2, 0) is 16.1 Å². The predicted octanol–water partition coefficient (Wildman–Crippen LogP) is 5.39. The summed E-state index contributed by atoms with van der Waals surface area (Å²) >= 11 is 0. The highest BCUT2D eigenvalue weighted by Gasteiger charge is 2.41. The Morgan fingerprint density at radius 2 is 1.46 bits per heavy atom. The van der Waals surface area contributed by atoms with E-state index in [-0.39, 0.29) is 36.2 Å². The van der Waals surface area contributed by atoms with Crippen molar-refractivity contribution in [2.45, 2.75) is 82.5 Å². The molecule has 4 N–H and O–H groups in total. The maximum atomic E-state index is 13.8. The molecule has 0 spiro atoms. The summed E-state index contributed by atoms with van der Waals surface area (Å²) in [6, 6.07) is 23.6. The number of nitrogens with zero attached hydrogens (tertiary/aromatic N) is 8. The molecular weight excluding hydrogens is 887 g/mol. The second-order valence-corrected chi connectivity index (χ2v) is 20.4. The fourth-order valence-electron chi connectivity index (χ4n) is 12.4. The van der Waals surface area contributed by atoms with Crippen molar-refractivity contribution in [1.82, 2.24) is 39.6 Å². The Labute approximate surface area is 409 Å². The average molecular weight is 952 g/mol. The molecule has 3 aromatic carbocycles. The minimum absolute atomic E-state index is 0.137. The average Bonchev–Trinajstić information content (AvgIpc) is 3.95. The Morgan fingerprint density at radius 3 is 2.17 bits per heavy atom. The van der Waals surface area contributed by atoms with Crippen molar-refractivity contribution < 1.29 is 28.7 Å². The number of benzene rings is 3. The van der Waals surface area contributed by atoms with Gasteiger partial charge in [0.1, 0.15) is 34.6 Å². The van der Waals surface area contributed by atoms with Crippen LogP contribution in [0.15, 0.2) is 72.8 Å². The van der Waals surface area contributed by atoms with Gasteiger partial charge < -0.3 is 40.3 Å². The molecule has 4 aromatic rings. The number of imide groups is 1. The number of nitrogens with one attached hydrogen (secondary N) is 2. The van der Waals surface area contributed by atoms with E-state index in [1.807, 2.05) is 71.4 Å². The van der Waals surface area contributed by atoms with E-state index in [0.717, 1.165) is 152 Å². The number of carbonyl (C=O) groups is 5. The number of urea groups is 1. The van der Waals surface area contributed by atoms with Crippen molar-refractivity contribution >= 4 is 41.2 Å². The molecule has 0 aliphatic carbocycles. The molecule has 6 amide bonds. The summed E-state index contributed by atoms with van der Waals surface area (Å²) in [5, 5.41) is 10.9. The van der Waals surface area contributed by atoms with Crippen molar-refractivity contribution in [1.29, 1.82) is 0 Å². The summed E-state index contributed by atoms with van der Waals surface area (Å²) in [5.74, 6) is 1.93. The Kier molecular flexibility index (Phi) is 13.0. The van der Waals surface area contributed by atoms with Gasteiger partial charge in [-0.05, 0) is 136 Å². The molecule has 2 atom stereocenters. The molecule has 8 heterocycles. The minimum Gasteiger partial charge on any atom is -0.457 e. The number of aromatic nitrogens is 2. The minimum atomic E-state index is -0.604. The van der Waals surface area contributed by atoms with Gasteiger partial charge in [0.05, 0.1) is 6.04 Å². The zero-order valence-electron chi connectivity index (χ0n) is 40.0. The number of ether oxygens (including phenoxy) is 1. The monoisotopic (exact) mass is 952 g/mol. The second kappa shape index (κ2) is 19.7. The quantitative estimate of drug-likeness (QED) is 0.174. The lowest BCUT2D eigenvalue weighted by Crippen LogP contribution is -2.56. The number of piperidine rings is 4. The van der Waals surface area contributed by atoms with Crippen LogP contribution in [0.25, 0.3) is 11.3 Å². The highest BCUT2D eigenvalue weighted by atomic mass is 16.5. The van der Waals surface area contributed by atoms with Crippen LogP contribution in [0.2, 0.25) is 0 Å². The van der Waals surface area contributed by atoms with Crippen LogP contribution in [0, 0.1) is 11.8 Å². The third-order valence-corrected chi connectivity index (χ3v) is 16.3. The molecule has 70 heavy (non-hydrogen) atoms. The number of anilines is 2. The molecule has 17 nitrogen and oxygen atoms in total. The van der Waals surface area contributed by atoms with Crippen LogP contribution >= 0.6 is 0 Å². The van der Waals surface area contributed by atoms with E-state index in [1.54, 1.807) is 4.90 Å². The number of fused-ring (bicyclic) bond motifs is 2. The van der Waals surface area contributed by atoms with E-state index in [2.05, 4.69) is 41.2 Å². The third kappa shape index (κ3) is 9.32. The first kappa shape index (κ1) is 46.0. The van der Waals surface area contributed by atoms with Gasteiger partial charge in [-0.25, -0.2) is 9.48 Å². The standard InChI is InChI=1S/C53H65N11O6/c54-49(66)47-48(37-6-9-42(10-7-37)70-41-4-2-1-3-5-41)57-64-44(14-21-55-50(47)64)36-17-24-59(25-18-36)39-19-26-61(27-20-39)53(69)62-30-28-58(29-31-62)33-35-15-22-60(23-16-35)40-8-11-43-38(32-40)34-63(52(43)68)45-12-13-46(65)56-51(45)67/h1-11,32,35-36,39,44-45,55H,12-31,33-34H2,(H2,54,66)(H,56,65,67).